The zero-order chi connectivity index (χ0) is 15.5. The number of carbonyl (C=O) groups is 2. The fourth-order valence-electron chi connectivity index (χ4n) is 2.65. The van der Waals surface area contributed by atoms with Gasteiger partial charge in [0, 0.05) is 31.7 Å². The van der Waals surface area contributed by atoms with Crippen molar-refractivity contribution in [3.8, 4) is 0 Å². The molecular formula is C15H18N2O5. The van der Waals surface area contributed by atoms with Crippen LogP contribution in [0.15, 0.2) is 18.2 Å². The highest BCUT2D eigenvalue weighted by atomic mass is 16.8. The molecule has 0 bridgehead atoms. The Balaban J connectivity index is 1.60. The smallest absolute Gasteiger partial charge is 0.407 e. The van der Waals surface area contributed by atoms with E-state index in [4.69, 9.17) is 14.7 Å². The summed E-state index contributed by atoms with van der Waals surface area (Å²) in [4.78, 5) is 29.6. The van der Waals surface area contributed by atoms with Crippen LogP contribution in [0.1, 0.15) is 40.7 Å². The summed E-state index contributed by atoms with van der Waals surface area (Å²) >= 11 is 0. The van der Waals surface area contributed by atoms with Crippen LogP contribution in [0.5, 0.6) is 0 Å². The Hall–Kier alpha value is -2.12. The van der Waals surface area contributed by atoms with Crippen molar-refractivity contribution in [2.45, 2.75) is 38.6 Å². The van der Waals surface area contributed by atoms with Crippen LogP contribution in [0.4, 0.5) is 4.79 Å². The highest BCUT2D eigenvalue weighted by Gasteiger charge is 2.24. The number of hydroxylamine groups is 1. The van der Waals surface area contributed by atoms with E-state index in [-0.39, 0.29) is 5.91 Å². The quantitative estimate of drug-likeness (QED) is 0.832. The Morgan fingerprint density at radius 3 is 2.82 bits per heavy atom. The lowest BCUT2D eigenvalue weighted by molar-refractivity contribution is -0.186. The van der Waals surface area contributed by atoms with Gasteiger partial charge in [-0.1, -0.05) is 6.07 Å². The van der Waals surface area contributed by atoms with Gasteiger partial charge in [-0.25, -0.2) is 15.1 Å². The third-order valence-corrected chi connectivity index (χ3v) is 3.88. The highest BCUT2D eigenvalue weighted by molar-refractivity contribution is 5.93. The second kappa shape index (κ2) is 6.33. The monoisotopic (exact) mass is 306 g/mol. The first-order valence-corrected chi connectivity index (χ1v) is 7.31. The van der Waals surface area contributed by atoms with Crippen molar-refractivity contribution in [1.29, 1.82) is 0 Å². The maximum atomic E-state index is 12.1. The number of hydrogen-bond acceptors (Lipinski definition) is 4. The Bertz CT molecular complexity index is 583. The fourth-order valence-corrected chi connectivity index (χ4v) is 2.65. The minimum atomic E-state index is -0.958. The van der Waals surface area contributed by atoms with Gasteiger partial charge in [0.25, 0.3) is 5.91 Å². The summed E-state index contributed by atoms with van der Waals surface area (Å²) in [5.74, 6) is -0.356. The van der Waals surface area contributed by atoms with Crippen LogP contribution in [0.25, 0.3) is 0 Å². The van der Waals surface area contributed by atoms with Crippen LogP contribution in [-0.2, 0) is 22.7 Å². The topological polar surface area (TPSA) is 88.1 Å². The predicted molar refractivity (Wildman–Crippen MR) is 75.9 cm³/mol. The standard InChI is InChI=1S/C15H18N2O5/c18-14(16-22-13-3-1-2-6-21-13)10-4-5-11-8-17(15(19)20)9-12(11)7-10/h4-5,7,13H,1-3,6,8-9H2,(H,16,18)(H,19,20). The second-order valence-electron chi connectivity index (χ2n) is 5.47. The van der Waals surface area contributed by atoms with E-state index >= 15 is 0 Å². The van der Waals surface area contributed by atoms with E-state index in [0.717, 1.165) is 30.4 Å². The molecule has 2 heterocycles. The van der Waals surface area contributed by atoms with Crippen molar-refractivity contribution in [3.63, 3.8) is 0 Å². The van der Waals surface area contributed by atoms with Gasteiger partial charge in [-0.05, 0) is 36.1 Å². The molecule has 22 heavy (non-hydrogen) atoms. The first-order chi connectivity index (χ1) is 10.6. The molecule has 1 aromatic rings. The summed E-state index contributed by atoms with van der Waals surface area (Å²) in [5, 5.41) is 9.01. The van der Waals surface area contributed by atoms with Gasteiger partial charge in [0.15, 0.2) is 6.29 Å². The van der Waals surface area contributed by atoms with Crippen LogP contribution in [0.2, 0.25) is 0 Å². The molecule has 3 rings (SSSR count). The fraction of sp³-hybridized carbons (Fsp3) is 0.467. The van der Waals surface area contributed by atoms with Gasteiger partial charge < -0.3 is 9.84 Å². The number of fused-ring (bicyclic) bond motifs is 1. The average Bonchev–Trinajstić information content (AvgIpc) is 2.97. The largest absolute Gasteiger partial charge is 0.465 e. The lowest BCUT2D eigenvalue weighted by Gasteiger charge is -2.22. The molecule has 7 nitrogen and oxygen atoms in total. The molecule has 7 heteroatoms. The minimum Gasteiger partial charge on any atom is -0.465 e. The van der Waals surface area contributed by atoms with Crippen molar-refractivity contribution >= 4 is 12.0 Å². The second-order valence-corrected chi connectivity index (χ2v) is 5.47. The number of carbonyl (C=O) groups excluding carboxylic acids is 1. The molecule has 0 spiro atoms. The molecule has 2 amide bonds. The number of hydrogen-bond donors (Lipinski definition) is 2. The molecule has 2 aliphatic heterocycles. The number of nitrogens with one attached hydrogen (secondary N) is 1. The van der Waals surface area contributed by atoms with Gasteiger partial charge >= 0.3 is 6.09 Å². The van der Waals surface area contributed by atoms with Crippen LogP contribution in [0, 0.1) is 0 Å². The zero-order valence-corrected chi connectivity index (χ0v) is 12.1. The molecule has 0 saturated carbocycles. The van der Waals surface area contributed by atoms with Crippen molar-refractivity contribution < 1.29 is 24.3 Å². The van der Waals surface area contributed by atoms with Gasteiger partial charge in [-0.2, -0.15) is 0 Å². The van der Waals surface area contributed by atoms with Crippen LogP contribution < -0.4 is 5.48 Å². The Labute approximate surface area is 127 Å². The lowest BCUT2D eigenvalue weighted by Crippen LogP contribution is -2.33. The zero-order valence-electron chi connectivity index (χ0n) is 12.1. The lowest BCUT2D eigenvalue weighted by atomic mass is 10.1. The summed E-state index contributed by atoms with van der Waals surface area (Å²) in [6.45, 7) is 1.31. The van der Waals surface area contributed by atoms with Crippen LogP contribution >= 0.6 is 0 Å². The van der Waals surface area contributed by atoms with Crippen molar-refractivity contribution in [1.82, 2.24) is 10.4 Å². The Morgan fingerprint density at radius 1 is 1.27 bits per heavy atom. The third kappa shape index (κ3) is 3.20. The van der Waals surface area contributed by atoms with Gasteiger partial charge in [0.05, 0.1) is 0 Å². The van der Waals surface area contributed by atoms with E-state index < -0.39 is 12.4 Å². The summed E-state index contributed by atoms with van der Waals surface area (Å²) < 4.78 is 5.37. The summed E-state index contributed by atoms with van der Waals surface area (Å²) in [6, 6.07) is 5.16. The maximum absolute atomic E-state index is 12.1. The molecule has 0 radical (unpaired) electrons. The SMILES string of the molecule is O=C(NOC1CCCCO1)c1ccc2c(c1)CN(C(=O)O)C2. The number of amides is 2. The van der Waals surface area contributed by atoms with Gasteiger partial charge in [0.2, 0.25) is 0 Å². The average molecular weight is 306 g/mol. The first kappa shape index (κ1) is 14.8. The van der Waals surface area contributed by atoms with E-state index in [1.165, 1.54) is 4.90 Å². The molecule has 1 atom stereocenters. The molecule has 1 aromatic carbocycles. The van der Waals surface area contributed by atoms with Crippen LogP contribution in [-0.4, -0.2) is 34.9 Å². The molecule has 1 unspecified atom stereocenters. The van der Waals surface area contributed by atoms with Crippen molar-refractivity contribution in [3.05, 3.63) is 34.9 Å². The van der Waals surface area contributed by atoms with Crippen molar-refractivity contribution in [2.24, 2.45) is 0 Å². The maximum Gasteiger partial charge on any atom is 0.407 e. The van der Waals surface area contributed by atoms with Crippen molar-refractivity contribution in [2.75, 3.05) is 6.61 Å². The predicted octanol–water partition coefficient (Wildman–Crippen LogP) is 1.87. The molecule has 2 aliphatic rings. The molecule has 0 aliphatic carbocycles. The first-order valence-electron chi connectivity index (χ1n) is 7.31. The van der Waals surface area contributed by atoms with E-state index in [0.29, 0.717) is 25.3 Å². The summed E-state index contributed by atoms with van der Waals surface area (Å²) in [6.07, 6.45) is 1.44. The van der Waals surface area contributed by atoms with E-state index in [9.17, 15) is 9.59 Å². The molecular weight excluding hydrogens is 288 g/mol. The summed E-state index contributed by atoms with van der Waals surface area (Å²) in [7, 11) is 0. The molecule has 1 fully saturated rings. The number of nitrogens with zero attached hydrogens (tertiary/aromatic N) is 1. The molecule has 2 N–H and O–H groups in total. The Morgan fingerprint density at radius 2 is 2.09 bits per heavy atom. The number of ether oxygens (including phenoxy) is 1. The summed E-state index contributed by atoms with van der Waals surface area (Å²) in [5.41, 5.74) is 4.62. The van der Waals surface area contributed by atoms with E-state index in [1.54, 1.807) is 18.2 Å². The molecule has 0 aromatic heterocycles. The van der Waals surface area contributed by atoms with Gasteiger partial charge in [0.1, 0.15) is 0 Å². The third-order valence-electron chi connectivity index (χ3n) is 3.88. The Kier molecular flexibility index (Phi) is 4.26. The number of benzene rings is 1. The number of rotatable bonds is 3. The van der Waals surface area contributed by atoms with Crippen LogP contribution in [0.3, 0.4) is 0 Å². The highest BCUT2D eigenvalue weighted by Crippen LogP contribution is 2.24. The van der Waals surface area contributed by atoms with Gasteiger partial charge in [-0.15, -0.1) is 0 Å². The van der Waals surface area contributed by atoms with E-state index in [2.05, 4.69) is 5.48 Å². The molecule has 118 valence electrons. The number of carboxylic acid groups (broad SMARTS) is 1. The van der Waals surface area contributed by atoms with Gasteiger partial charge in [-0.3, -0.25) is 9.69 Å². The van der Waals surface area contributed by atoms with E-state index in [1.807, 2.05) is 0 Å². The molecule has 1 saturated heterocycles. The minimum absolute atomic E-state index is 0.304. The normalized spacial score (nSPS) is 20.5.